The van der Waals surface area contributed by atoms with E-state index >= 15 is 0 Å². The van der Waals surface area contributed by atoms with Crippen molar-refractivity contribution in [2.45, 2.75) is 32.6 Å². The van der Waals surface area contributed by atoms with Crippen LogP contribution in [-0.4, -0.2) is 33.9 Å². The molecule has 0 saturated carbocycles. The minimum absolute atomic E-state index is 0.0201. The van der Waals surface area contributed by atoms with Crippen LogP contribution >= 0.6 is 0 Å². The van der Waals surface area contributed by atoms with Crippen molar-refractivity contribution < 1.29 is 24.9 Å². The summed E-state index contributed by atoms with van der Waals surface area (Å²) >= 11 is 0. The van der Waals surface area contributed by atoms with Gasteiger partial charge in [-0.1, -0.05) is 26.5 Å². The Morgan fingerprint density at radius 3 is 1.65 bits per heavy atom. The van der Waals surface area contributed by atoms with Gasteiger partial charge in [-0.15, -0.1) is 0 Å². The molecule has 0 heterocycles. The fraction of sp³-hybridized carbons (Fsp3) is 0.500. The summed E-state index contributed by atoms with van der Waals surface area (Å²) < 4.78 is 0. The minimum atomic E-state index is -0.983. The first-order valence-electron chi connectivity index (χ1n) is 5.29. The number of aliphatic carboxylic acids is 2. The zero-order valence-electron chi connectivity index (χ0n) is 10.1. The molecule has 17 heavy (non-hydrogen) atoms. The van der Waals surface area contributed by atoms with E-state index in [1.165, 1.54) is 0 Å². The summed E-state index contributed by atoms with van der Waals surface area (Å²) in [5.74, 6) is -1.87. The molecule has 0 bridgehead atoms. The van der Waals surface area contributed by atoms with Gasteiger partial charge in [0.05, 0.1) is 0 Å². The molecule has 0 fully saturated rings. The third-order valence-electron chi connectivity index (χ3n) is 1.79. The van der Waals surface area contributed by atoms with Crippen molar-refractivity contribution >= 4 is 11.9 Å². The summed E-state index contributed by atoms with van der Waals surface area (Å²) in [5.41, 5.74) is 0.455. The molecule has 0 aromatic carbocycles. The highest BCUT2D eigenvalue weighted by molar-refractivity contribution is 5.85. The molecule has 3 N–H and O–H groups in total. The first kappa shape index (κ1) is 17.8. The number of hydrogen-bond acceptors (Lipinski definition) is 3. The molecular weight excluding hydrogens is 224 g/mol. The Kier molecular flexibility index (Phi) is 11.4. The number of carboxylic acids is 2. The quantitative estimate of drug-likeness (QED) is 0.594. The van der Waals surface area contributed by atoms with Crippen molar-refractivity contribution in [3.8, 4) is 0 Å². The Morgan fingerprint density at radius 1 is 1.00 bits per heavy atom. The van der Waals surface area contributed by atoms with Crippen LogP contribution in [0.25, 0.3) is 0 Å². The molecule has 5 nitrogen and oxygen atoms in total. The second-order valence-electron chi connectivity index (χ2n) is 3.39. The molecule has 0 spiro atoms. The molecule has 0 unspecified atom stereocenters. The van der Waals surface area contributed by atoms with E-state index in [0.717, 1.165) is 6.42 Å². The summed E-state index contributed by atoms with van der Waals surface area (Å²) in [6.45, 7) is 8.57. The molecule has 0 aromatic heterocycles. The van der Waals surface area contributed by atoms with Crippen LogP contribution in [0.15, 0.2) is 24.3 Å². The van der Waals surface area contributed by atoms with Gasteiger partial charge in [0.15, 0.2) is 0 Å². The molecule has 0 amide bonds. The number of hydrogen-bond donors (Lipinski definition) is 3. The normalized spacial score (nSPS) is 8.82. The molecule has 0 aromatic rings. The van der Waals surface area contributed by atoms with Gasteiger partial charge in [-0.25, -0.2) is 9.59 Å². The zero-order chi connectivity index (χ0) is 13.8. The number of aliphatic hydroxyl groups is 1. The van der Waals surface area contributed by atoms with E-state index in [2.05, 4.69) is 13.2 Å². The lowest BCUT2D eigenvalue weighted by molar-refractivity contribution is -0.133. The maximum absolute atomic E-state index is 10.0. The van der Waals surface area contributed by atoms with E-state index in [9.17, 15) is 9.59 Å². The minimum Gasteiger partial charge on any atom is -0.478 e. The average Bonchev–Trinajstić information content (AvgIpc) is 2.26. The predicted molar refractivity (Wildman–Crippen MR) is 64.8 cm³/mol. The van der Waals surface area contributed by atoms with E-state index < -0.39 is 11.9 Å². The van der Waals surface area contributed by atoms with E-state index in [1.807, 2.05) is 6.92 Å². The van der Waals surface area contributed by atoms with E-state index in [1.54, 1.807) is 0 Å². The molecule has 0 atom stereocenters. The number of aliphatic hydroxyl groups excluding tert-OH is 1. The molecule has 0 aliphatic heterocycles. The van der Waals surface area contributed by atoms with Crippen LogP contribution < -0.4 is 0 Å². The largest absolute Gasteiger partial charge is 0.478 e. The number of carbonyl (C=O) groups is 2. The second kappa shape index (κ2) is 10.9. The third-order valence-corrected chi connectivity index (χ3v) is 1.79. The summed E-state index contributed by atoms with van der Waals surface area (Å²) in [4.78, 5) is 20.0. The Bertz CT molecular complexity index is 281. The highest BCUT2D eigenvalue weighted by Gasteiger charge is 2.01. The van der Waals surface area contributed by atoms with Gasteiger partial charge >= 0.3 is 11.9 Å². The standard InChI is InChI=1S/C6H10O3.C6H10O2/c1-5(6(8)9)3-2-4-7;1-3-4-5(2)6(7)8/h7H,1-4H2,(H,8,9);2-4H2,1H3,(H,7,8). The second-order valence-corrected chi connectivity index (χ2v) is 3.39. The van der Waals surface area contributed by atoms with Crippen molar-refractivity contribution in [2.75, 3.05) is 6.61 Å². The highest BCUT2D eigenvalue weighted by atomic mass is 16.4. The Labute approximate surface area is 101 Å². The van der Waals surface area contributed by atoms with E-state index in [0.29, 0.717) is 24.8 Å². The van der Waals surface area contributed by atoms with Gasteiger partial charge in [0.2, 0.25) is 0 Å². The SMILES string of the molecule is C=C(CCC)C(=O)O.C=C(CCCO)C(=O)O. The molecule has 98 valence electrons. The average molecular weight is 244 g/mol. The Hall–Kier alpha value is -1.62. The van der Waals surface area contributed by atoms with Gasteiger partial charge in [0.1, 0.15) is 0 Å². The fourth-order valence-electron chi connectivity index (χ4n) is 0.808. The molecular formula is C12H20O5. The van der Waals surface area contributed by atoms with E-state index in [4.69, 9.17) is 15.3 Å². The molecule has 0 saturated heterocycles. The van der Waals surface area contributed by atoms with Crippen LogP contribution in [0.2, 0.25) is 0 Å². The summed E-state index contributed by atoms with van der Waals surface area (Å²) in [5, 5.41) is 24.7. The lowest BCUT2D eigenvalue weighted by Gasteiger charge is -1.94. The zero-order valence-corrected chi connectivity index (χ0v) is 10.1. The molecule has 0 rings (SSSR count). The van der Waals surface area contributed by atoms with Crippen LogP contribution in [0.5, 0.6) is 0 Å². The Balaban J connectivity index is 0. The summed E-state index contributed by atoms with van der Waals surface area (Å²) in [7, 11) is 0. The van der Waals surface area contributed by atoms with Gasteiger partial charge < -0.3 is 15.3 Å². The van der Waals surface area contributed by atoms with Crippen molar-refractivity contribution in [3.05, 3.63) is 24.3 Å². The van der Waals surface area contributed by atoms with Crippen LogP contribution in [0.3, 0.4) is 0 Å². The first-order valence-corrected chi connectivity index (χ1v) is 5.29. The fourth-order valence-corrected chi connectivity index (χ4v) is 0.808. The third kappa shape index (κ3) is 12.3. The van der Waals surface area contributed by atoms with Gasteiger partial charge in [-0.2, -0.15) is 0 Å². The number of rotatable bonds is 7. The highest BCUT2D eigenvalue weighted by Crippen LogP contribution is 2.00. The van der Waals surface area contributed by atoms with Crippen molar-refractivity contribution in [2.24, 2.45) is 0 Å². The summed E-state index contributed by atoms with van der Waals surface area (Å²) in [6, 6.07) is 0. The van der Waals surface area contributed by atoms with Crippen molar-refractivity contribution in [1.82, 2.24) is 0 Å². The number of carboxylic acid groups (broad SMARTS) is 2. The maximum Gasteiger partial charge on any atom is 0.330 e. The molecule has 0 aliphatic rings. The van der Waals surface area contributed by atoms with Gasteiger partial charge in [-0.3, -0.25) is 0 Å². The smallest absolute Gasteiger partial charge is 0.330 e. The topological polar surface area (TPSA) is 94.8 Å². The van der Waals surface area contributed by atoms with Crippen LogP contribution in [0.4, 0.5) is 0 Å². The molecule has 0 aliphatic carbocycles. The summed E-state index contributed by atoms with van der Waals surface area (Å²) in [6.07, 6.45) is 2.29. The van der Waals surface area contributed by atoms with E-state index in [-0.39, 0.29) is 12.2 Å². The Morgan fingerprint density at radius 2 is 1.41 bits per heavy atom. The lowest BCUT2D eigenvalue weighted by atomic mass is 10.2. The first-order chi connectivity index (χ1) is 7.86. The van der Waals surface area contributed by atoms with Crippen molar-refractivity contribution in [1.29, 1.82) is 0 Å². The molecule has 0 radical (unpaired) electrons. The lowest BCUT2D eigenvalue weighted by Crippen LogP contribution is -1.99. The van der Waals surface area contributed by atoms with Crippen LogP contribution in [0, 0.1) is 0 Å². The predicted octanol–water partition coefficient (Wildman–Crippen LogP) is 1.83. The maximum atomic E-state index is 10.0. The molecule has 5 heteroatoms. The van der Waals surface area contributed by atoms with Crippen LogP contribution in [-0.2, 0) is 9.59 Å². The van der Waals surface area contributed by atoms with Gasteiger partial charge in [0, 0.05) is 17.8 Å². The van der Waals surface area contributed by atoms with Gasteiger partial charge in [-0.05, 0) is 19.3 Å². The van der Waals surface area contributed by atoms with Crippen molar-refractivity contribution in [3.63, 3.8) is 0 Å². The van der Waals surface area contributed by atoms with Gasteiger partial charge in [0.25, 0.3) is 0 Å². The monoisotopic (exact) mass is 244 g/mol. The van der Waals surface area contributed by atoms with Crippen LogP contribution in [0.1, 0.15) is 32.6 Å².